The molecule has 1 unspecified atom stereocenters. The van der Waals surface area contributed by atoms with Gasteiger partial charge in [-0.25, -0.2) is 4.39 Å². The number of aliphatic hydroxyl groups is 1. The molecular weight excluding hydrogens is 370 g/mol. The highest BCUT2D eigenvalue weighted by molar-refractivity contribution is 9.10. The van der Waals surface area contributed by atoms with Crippen LogP contribution in [0.4, 0.5) is 4.39 Å². The van der Waals surface area contributed by atoms with Gasteiger partial charge >= 0.3 is 0 Å². The van der Waals surface area contributed by atoms with Crippen molar-refractivity contribution < 1.29 is 14.2 Å². The van der Waals surface area contributed by atoms with E-state index in [-0.39, 0.29) is 10.2 Å². The number of halogens is 4. The molecule has 0 aromatic heterocycles. The van der Waals surface area contributed by atoms with Gasteiger partial charge in [-0.3, -0.25) is 0 Å². The van der Waals surface area contributed by atoms with Crippen LogP contribution < -0.4 is 4.74 Å². The van der Waals surface area contributed by atoms with Crippen LogP contribution in [-0.2, 0) is 0 Å². The zero-order chi connectivity index (χ0) is 14.9. The molecule has 0 heterocycles. The van der Waals surface area contributed by atoms with E-state index in [1.54, 1.807) is 18.2 Å². The van der Waals surface area contributed by atoms with Crippen molar-refractivity contribution in [3.63, 3.8) is 0 Å². The van der Waals surface area contributed by atoms with E-state index in [9.17, 15) is 9.50 Å². The first-order valence-corrected chi connectivity index (χ1v) is 7.14. The van der Waals surface area contributed by atoms with Gasteiger partial charge < -0.3 is 9.84 Å². The Morgan fingerprint density at radius 1 is 1.15 bits per heavy atom. The lowest BCUT2D eigenvalue weighted by molar-refractivity contribution is 0.214. The molecule has 106 valence electrons. The number of hydrogen-bond acceptors (Lipinski definition) is 2. The highest BCUT2D eigenvalue weighted by atomic mass is 79.9. The Morgan fingerprint density at radius 2 is 1.75 bits per heavy atom. The van der Waals surface area contributed by atoms with Crippen LogP contribution >= 0.6 is 39.1 Å². The first-order chi connectivity index (χ1) is 9.42. The molecule has 0 radical (unpaired) electrons. The predicted octanol–water partition coefficient (Wildman–Crippen LogP) is 4.99. The van der Waals surface area contributed by atoms with Gasteiger partial charge in [-0.15, -0.1) is 0 Å². The molecular formula is C14H10BrCl2FO2. The van der Waals surface area contributed by atoms with Crippen molar-refractivity contribution in [2.24, 2.45) is 0 Å². The minimum Gasteiger partial charge on any atom is -0.496 e. The van der Waals surface area contributed by atoms with Gasteiger partial charge in [0.05, 0.1) is 11.6 Å². The zero-order valence-electron chi connectivity index (χ0n) is 10.3. The zero-order valence-corrected chi connectivity index (χ0v) is 13.4. The van der Waals surface area contributed by atoms with Crippen LogP contribution in [0.2, 0.25) is 10.0 Å². The van der Waals surface area contributed by atoms with Crippen molar-refractivity contribution in [2.45, 2.75) is 6.10 Å². The van der Waals surface area contributed by atoms with E-state index in [0.29, 0.717) is 21.2 Å². The minimum atomic E-state index is -1.03. The SMILES string of the molecule is COc1cc(F)c(Br)cc1C(O)c1cc(Cl)cc(Cl)c1. The Balaban J connectivity index is 2.52. The lowest BCUT2D eigenvalue weighted by Crippen LogP contribution is -2.03. The predicted molar refractivity (Wildman–Crippen MR) is 81.2 cm³/mol. The Bertz CT molecular complexity index is 629. The summed E-state index contributed by atoms with van der Waals surface area (Å²) in [5, 5.41) is 11.2. The Kier molecular flexibility index (Phi) is 4.91. The molecule has 0 aliphatic rings. The molecule has 1 N–H and O–H groups in total. The van der Waals surface area contributed by atoms with Crippen molar-refractivity contribution in [3.05, 3.63) is 61.8 Å². The van der Waals surface area contributed by atoms with Crippen molar-refractivity contribution >= 4 is 39.1 Å². The number of aliphatic hydroxyl groups excluding tert-OH is 1. The highest BCUT2D eigenvalue weighted by Gasteiger charge is 2.19. The van der Waals surface area contributed by atoms with Crippen molar-refractivity contribution in [1.29, 1.82) is 0 Å². The summed E-state index contributed by atoms with van der Waals surface area (Å²) in [6.45, 7) is 0. The summed E-state index contributed by atoms with van der Waals surface area (Å²) in [6.07, 6.45) is -1.03. The van der Waals surface area contributed by atoms with E-state index in [0.717, 1.165) is 0 Å². The summed E-state index contributed by atoms with van der Waals surface area (Å²) in [4.78, 5) is 0. The van der Waals surface area contributed by atoms with Crippen LogP contribution in [0.15, 0.2) is 34.8 Å². The smallest absolute Gasteiger partial charge is 0.141 e. The van der Waals surface area contributed by atoms with Crippen LogP contribution in [0, 0.1) is 5.82 Å². The molecule has 0 bridgehead atoms. The van der Waals surface area contributed by atoms with Crippen LogP contribution in [-0.4, -0.2) is 12.2 Å². The molecule has 6 heteroatoms. The summed E-state index contributed by atoms with van der Waals surface area (Å²) >= 11 is 14.9. The van der Waals surface area contributed by atoms with E-state index >= 15 is 0 Å². The van der Waals surface area contributed by atoms with E-state index in [2.05, 4.69) is 15.9 Å². The van der Waals surface area contributed by atoms with Gasteiger partial charge in [-0.1, -0.05) is 23.2 Å². The van der Waals surface area contributed by atoms with Crippen molar-refractivity contribution in [3.8, 4) is 5.75 Å². The average molecular weight is 380 g/mol. The molecule has 0 saturated carbocycles. The summed E-state index contributed by atoms with van der Waals surface area (Å²) < 4.78 is 18.8. The molecule has 2 aromatic rings. The maximum absolute atomic E-state index is 13.5. The third-order valence-electron chi connectivity index (χ3n) is 2.77. The normalized spacial score (nSPS) is 12.3. The second-order valence-electron chi connectivity index (χ2n) is 4.11. The van der Waals surface area contributed by atoms with E-state index < -0.39 is 11.9 Å². The second-order valence-corrected chi connectivity index (χ2v) is 5.84. The van der Waals surface area contributed by atoms with Crippen LogP contribution in [0.5, 0.6) is 5.75 Å². The highest BCUT2D eigenvalue weighted by Crippen LogP contribution is 2.35. The van der Waals surface area contributed by atoms with E-state index in [1.165, 1.54) is 19.2 Å². The van der Waals surface area contributed by atoms with Gasteiger partial charge in [0.25, 0.3) is 0 Å². The largest absolute Gasteiger partial charge is 0.496 e. The summed E-state index contributed by atoms with van der Waals surface area (Å²) in [7, 11) is 1.41. The molecule has 20 heavy (non-hydrogen) atoms. The van der Waals surface area contributed by atoms with E-state index in [4.69, 9.17) is 27.9 Å². The number of benzene rings is 2. The number of ether oxygens (including phenoxy) is 1. The van der Waals surface area contributed by atoms with Crippen LogP contribution in [0.3, 0.4) is 0 Å². The molecule has 0 aliphatic carbocycles. The summed E-state index contributed by atoms with van der Waals surface area (Å²) in [6, 6.07) is 7.42. The Labute approximate surface area is 134 Å². The number of methoxy groups -OCH3 is 1. The topological polar surface area (TPSA) is 29.5 Å². The fourth-order valence-corrected chi connectivity index (χ4v) is 2.75. The molecule has 2 nitrogen and oxygen atoms in total. The third-order valence-corrected chi connectivity index (χ3v) is 3.81. The lowest BCUT2D eigenvalue weighted by Gasteiger charge is -2.16. The molecule has 0 spiro atoms. The minimum absolute atomic E-state index is 0.237. The van der Waals surface area contributed by atoms with Crippen LogP contribution in [0.25, 0.3) is 0 Å². The van der Waals surface area contributed by atoms with Gasteiger partial charge in [0.1, 0.15) is 17.7 Å². The van der Waals surface area contributed by atoms with Gasteiger partial charge in [0.2, 0.25) is 0 Å². The van der Waals surface area contributed by atoms with Gasteiger partial charge in [-0.05, 0) is 45.8 Å². The fraction of sp³-hybridized carbons (Fsp3) is 0.143. The Hall–Kier alpha value is -0.810. The van der Waals surface area contributed by atoms with Gasteiger partial charge in [0, 0.05) is 21.7 Å². The first-order valence-electron chi connectivity index (χ1n) is 5.59. The lowest BCUT2D eigenvalue weighted by atomic mass is 10.0. The van der Waals surface area contributed by atoms with Crippen molar-refractivity contribution in [1.82, 2.24) is 0 Å². The van der Waals surface area contributed by atoms with Gasteiger partial charge in [-0.2, -0.15) is 0 Å². The summed E-state index contributed by atoms with van der Waals surface area (Å²) in [5.41, 5.74) is 0.915. The second kappa shape index (κ2) is 6.31. The van der Waals surface area contributed by atoms with Crippen molar-refractivity contribution in [2.75, 3.05) is 7.11 Å². The van der Waals surface area contributed by atoms with Crippen LogP contribution in [0.1, 0.15) is 17.2 Å². The average Bonchev–Trinajstić information content (AvgIpc) is 2.39. The molecule has 0 fully saturated rings. The third kappa shape index (κ3) is 3.26. The monoisotopic (exact) mass is 378 g/mol. The molecule has 2 rings (SSSR count). The molecule has 0 saturated heterocycles. The van der Waals surface area contributed by atoms with Gasteiger partial charge in [0.15, 0.2) is 0 Å². The maximum atomic E-state index is 13.5. The summed E-state index contributed by atoms with van der Waals surface area (Å²) in [5.74, 6) is -0.226. The maximum Gasteiger partial charge on any atom is 0.141 e. The molecule has 0 amide bonds. The fourth-order valence-electron chi connectivity index (χ4n) is 1.85. The standard InChI is InChI=1S/C14H10BrCl2FO2/c1-20-13-6-12(18)11(15)5-10(13)14(19)7-2-8(16)4-9(17)3-7/h2-6,14,19H,1H3. The Morgan fingerprint density at radius 3 is 2.30 bits per heavy atom. The van der Waals surface area contributed by atoms with E-state index in [1.807, 2.05) is 0 Å². The number of hydrogen-bond donors (Lipinski definition) is 1. The first kappa shape index (κ1) is 15.6. The molecule has 0 aliphatic heterocycles. The quantitative estimate of drug-likeness (QED) is 0.814. The molecule has 2 aromatic carbocycles. The number of rotatable bonds is 3. The molecule has 1 atom stereocenters.